The molecule has 1 saturated carbocycles. The quantitative estimate of drug-likeness (QED) is 0.839. The third-order valence-corrected chi connectivity index (χ3v) is 5.51. The maximum absolute atomic E-state index is 12.2. The minimum absolute atomic E-state index is 0.158. The van der Waals surface area contributed by atoms with Gasteiger partial charge in [-0.05, 0) is 35.3 Å². The molecule has 0 heterocycles. The van der Waals surface area contributed by atoms with E-state index in [0.29, 0.717) is 17.4 Å². The van der Waals surface area contributed by atoms with E-state index in [2.05, 4.69) is 26.0 Å². The smallest absolute Gasteiger partial charge is 0.303 e. The third-order valence-electron chi connectivity index (χ3n) is 3.92. The van der Waals surface area contributed by atoms with E-state index >= 15 is 0 Å². The van der Waals surface area contributed by atoms with Crippen LogP contribution in [0.1, 0.15) is 50.2 Å². The summed E-state index contributed by atoms with van der Waals surface area (Å²) >= 11 is 0. The second-order valence-electron chi connectivity index (χ2n) is 6.20. The number of hydrogen-bond donors (Lipinski definition) is 1. The molecular formula is C16H22O3S. The van der Waals surface area contributed by atoms with Crippen molar-refractivity contribution in [2.24, 2.45) is 5.41 Å². The maximum atomic E-state index is 12.2. The Balaban J connectivity index is 1.90. The van der Waals surface area contributed by atoms with Crippen molar-refractivity contribution >= 4 is 16.8 Å². The molecule has 0 aliphatic heterocycles. The van der Waals surface area contributed by atoms with Gasteiger partial charge >= 0.3 is 5.97 Å². The van der Waals surface area contributed by atoms with Crippen LogP contribution >= 0.6 is 0 Å². The first kappa shape index (κ1) is 15.2. The van der Waals surface area contributed by atoms with E-state index < -0.39 is 16.8 Å². The van der Waals surface area contributed by atoms with Gasteiger partial charge in [0.1, 0.15) is 0 Å². The molecular weight excluding hydrogens is 272 g/mol. The van der Waals surface area contributed by atoms with Gasteiger partial charge in [0.2, 0.25) is 0 Å². The molecule has 1 unspecified atom stereocenters. The van der Waals surface area contributed by atoms with Crippen LogP contribution in [0.3, 0.4) is 0 Å². The van der Waals surface area contributed by atoms with Crippen molar-refractivity contribution in [2.75, 3.05) is 5.75 Å². The highest BCUT2D eigenvalue weighted by molar-refractivity contribution is 7.84. The minimum Gasteiger partial charge on any atom is -0.481 e. The summed E-state index contributed by atoms with van der Waals surface area (Å²) in [4.78, 5) is 10.8. The van der Waals surface area contributed by atoms with Crippen molar-refractivity contribution in [2.45, 2.75) is 44.8 Å². The minimum atomic E-state index is -0.975. The number of carbonyl (C=O) groups is 1. The highest BCUT2D eigenvalue weighted by Crippen LogP contribution is 2.49. The van der Waals surface area contributed by atoms with E-state index in [-0.39, 0.29) is 11.8 Å². The SMILES string of the molecule is CC(C)c1ccc(CS(=O)CC2(CC(=O)O)CC2)cc1. The second-order valence-corrected chi connectivity index (χ2v) is 7.65. The fraction of sp³-hybridized carbons (Fsp3) is 0.562. The summed E-state index contributed by atoms with van der Waals surface area (Å²) in [6.07, 6.45) is 1.96. The van der Waals surface area contributed by atoms with Crippen LogP contribution in [0.25, 0.3) is 0 Å². The van der Waals surface area contributed by atoms with Gasteiger partial charge in [0.25, 0.3) is 0 Å². The zero-order valence-electron chi connectivity index (χ0n) is 12.1. The molecule has 1 aromatic rings. The van der Waals surface area contributed by atoms with Crippen LogP contribution < -0.4 is 0 Å². The van der Waals surface area contributed by atoms with Crippen LogP contribution in [-0.2, 0) is 21.3 Å². The number of hydrogen-bond acceptors (Lipinski definition) is 2. The van der Waals surface area contributed by atoms with Crippen LogP contribution in [0.2, 0.25) is 0 Å². The molecule has 3 nitrogen and oxygen atoms in total. The number of carboxylic acids is 1. The summed E-state index contributed by atoms with van der Waals surface area (Å²) in [7, 11) is -0.975. The molecule has 1 aromatic carbocycles. The molecule has 110 valence electrons. The van der Waals surface area contributed by atoms with Crippen molar-refractivity contribution in [1.82, 2.24) is 0 Å². The van der Waals surface area contributed by atoms with Crippen LogP contribution in [0, 0.1) is 5.41 Å². The molecule has 4 heteroatoms. The van der Waals surface area contributed by atoms with E-state index in [1.54, 1.807) is 0 Å². The van der Waals surface area contributed by atoms with Gasteiger partial charge in [-0.3, -0.25) is 9.00 Å². The van der Waals surface area contributed by atoms with Gasteiger partial charge in [0, 0.05) is 22.3 Å². The molecule has 0 spiro atoms. The van der Waals surface area contributed by atoms with E-state index in [4.69, 9.17) is 5.11 Å². The summed E-state index contributed by atoms with van der Waals surface area (Å²) in [6, 6.07) is 8.23. The maximum Gasteiger partial charge on any atom is 0.303 e. The number of rotatable bonds is 7. The standard InChI is InChI=1S/C16H22O3S/c1-12(2)14-5-3-13(4-6-14)10-20(19)11-16(7-8-16)9-15(17)18/h3-6,12H,7-11H2,1-2H3,(H,17,18). The van der Waals surface area contributed by atoms with Gasteiger partial charge in [-0.2, -0.15) is 0 Å². The normalized spacial score (nSPS) is 17.9. The lowest BCUT2D eigenvalue weighted by atomic mass is 10.0. The first-order valence-electron chi connectivity index (χ1n) is 7.06. The van der Waals surface area contributed by atoms with Crippen molar-refractivity contribution in [3.8, 4) is 0 Å². The Kier molecular flexibility index (Phi) is 4.63. The fourth-order valence-electron chi connectivity index (χ4n) is 2.45. The molecule has 20 heavy (non-hydrogen) atoms. The molecule has 0 aromatic heterocycles. The Morgan fingerprint density at radius 1 is 1.30 bits per heavy atom. The third kappa shape index (κ3) is 4.17. The fourth-order valence-corrected chi connectivity index (χ4v) is 4.19. The van der Waals surface area contributed by atoms with Crippen molar-refractivity contribution < 1.29 is 14.1 Å². The molecule has 0 saturated heterocycles. The Morgan fingerprint density at radius 2 is 1.90 bits per heavy atom. The topological polar surface area (TPSA) is 54.4 Å². The van der Waals surface area contributed by atoms with Crippen LogP contribution in [0.4, 0.5) is 0 Å². The molecule has 0 bridgehead atoms. The molecule has 1 aliphatic carbocycles. The van der Waals surface area contributed by atoms with Crippen LogP contribution in [0.15, 0.2) is 24.3 Å². The zero-order valence-corrected chi connectivity index (χ0v) is 12.9. The highest BCUT2D eigenvalue weighted by Gasteiger charge is 2.45. The van der Waals surface area contributed by atoms with E-state index in [0.717, 1.165) is 18.4 Å². The number of benzene rings is 1. The van der Waals surface area contributed by atoms with Crippen LogP contribution in [-0.4, -0.2) is 21.0 Å². The van der Waals surface area contributed by atoms with Crippen molar-refractivity contribution in [3.05, 3.63) is 35.4 Å². The number of aliphatic carboxylic acids is 1. The highest BCUT2D eigenvalue weighted by atomic mass is 32.2. The molecule has 0 amide bonds. The molecule has 1 atom stereocenters. The Labute approximate surface area is 122 Å². The summed E-state index contributed by atoms with van der Waals surface area (Å²) in [5, 5.41) is 8.88. The van der Waals surface area contributed by atoms with Crippen LogP contribution in [0.5, 0.6) is 0 Å². The lowest BCUT2D eigenvalue weighted by Gasteiger charge is -2.12. The van der Waals surface area contributed by atoms with Crippen molar-refractivity contribution in [3.63, 3.8) is 0 Å². The van der Waals surface area contributed by atoms with Crippen molar-refractivity contribution in [1.29, 1.82) is 0 Å². The molecule has 0 radical (unpaired) electrons. The predicted octanol–water partition coefficient (Wildman–Crippen LogP) is 3.31. The summed E-state index contributed by atoms with van der Waals surface area (Å²) in [5.41, 5.74) is 2.16. The average molecular weight is 294 g/mol. The lowest BCUT2D eigenvalue weighted by Crippen LogP contribution is -2.17. The Bertz CT molecular complexity index is 501. The molecule has 1 N–H and O–H groups in total. The first-order chi connectivity index (χ1) is 9.40. The monoisotopic (exact) mass is 294 g/mol. The Morgan fingerprint density at radius 3 is 2.35 bits per heavy atom. The summed E-state index contributed by atoms with van der Waals surface area (Å²) < 4.78 is 12.2. The summed E-state index contributed by atoms with van der Waals surface area (Å²) in [5.74, 6) is 0.769. The molecule has 1 fully saturated rings. The number of carboxylic acid groups (broad SMARTS) is 1. The van der Waals surface area contributed by atoms with Gasteiger partial charge in [0.15, 0.2) is 0 Å². The van der Waals surface area contributed by atoms with Gasteiger partial charge in [-0.25, -0.2) is 0 Å². The van der Waals surface area contributed by atoms with E-state index in [1.807, 2.05) is 12.1 Å². The Hall–Kier alpha value is -1.16. The van der Waals surface area contributed by atoms with Gasteiger partial charge in [-0.15, -0.1) is 0 Å². The summed E-state index contributed by atoms with van der Waals surface area (Å²) in [6.45, 7) is 4.30. The first-order valence-corrected chi connectivity index (χ1v) is 8.55. The van der Waals surface area contributed by atoms with E-state index in [1.165, 1.54) is 5.56 Å². The zero-order chi connectivity index (χ0) is 14.8. The second kappa shape index (κ2) is 6.08. The largest absolute Gasteiger partial charge is 0.481 e. The van der Waals surface area contributed by atoms with Gasteiger partial charge in [0.05, 0.1) is 6.42 Å². The molecule has 2 rings (SSSR count). The lowest BCUT2D eigenvalue weighted by molar-refractivity contribution is -0.138. The van der Waals surface area contributed by atoms with Gasteiger partial charge < -0.3 is 5.11 Å². The van der Waals surface area contributed by atoms with Gasteiger partial charge in [-0.1, -0.05) is 38.1 Å². The average Bonchev–Trinajstić information content (AvgIpc) is 3.07. The molecule has 1 aliphatic rings. The van der Waals surface area contributed by atoms with E-state index in [9.17, 15) is 9.00 Å². The predicted molar refractivity (Wildman–Crippen MR) is 81.2 cm³/mol.